The molecule has 2 aliphatic rings. The third kappa shape index (κ3) is 4.88. The van der Waals surface area contributed by atoms with Crippen molar-refractivity contribution in [2.45, 2.75) is 70.0 Å². The molecule has 0 saturated heterocycles. The summed E-state index contributed by atoms with van der Waals surface area (Å²) in [7, 11) is 0. The minimum Gasteiger partial charge on any atom is -0.480 e. The van der Waals surface area contributed by atoms with Crippen molar-refractivity contribution < 1.29 is 14.7 Å². The highest BCUT2D eigenvalue weighted by Gasteiger charge is 2.36. The molecule has 2 rings (SSSR count). The normalized spacial score (nSPS) is 24.0. The van der Waals surface area contributed by atoms with Crippen LogP contribution in [0.5, 0.6) is 0 Å². The molecule has 0 atom stereocenters. The van der Waals surface area contributed by atoms with E-state index in [1.807, 2.05) is 11.8 Å². The van der Waals surface area contributed by atoms with Gasteiger partial charge < -0.3 is 15.3 Å². The van der Waals surface area contributed by atoms with E-state index in [-0.39, 0.29) is 30.7 Å². The summed E-state index contributed by atoms with van der Waals surface area (Å²) in [5.74, 6) is 1.80. The van der Waals surface area contributed by atoms with E-state index in [0.29, 0.717) is 13.1 Å². The number of aliphatic carboxylic acids is 1. The Hall–Kier alpha value is -1.74. The number of amides is 2. The van der Waals surface area contributed by atoms with Gasteiger partial charge in [0.1, 0.15) is 0 Å². The summed E-state index contributed by atoms with van der Waals surface area (Å²) in [4.78, 5) is 27.2. The number of carbonyl (C=O) groups excluding carboxylic acids is 1. The molecule has 0 aromatic rings. The first-order chi connectivity index (χ1) is 11.5. The molecule has 134 valence electrons. The van der Waals surface area contributed by atoms with E-state index in [4.69, 9.17) is 11.5 Å². The highest BCUT2D eigenvalue weighted by molar-refractivity contribution is 5.75. The molecule has 6 nitrogen and oxygen atoms in total. The molecule has 0 spiro atoms. The van der Waals surface area contributed by atoms with E-state index in [1.165, 1.54) is 6.42 Å². The van der Waals surface area contributed by atoms with Crippen LogP contribution in [0.1, 0.15) is 51.9 Å². The van der Waals surface area contributed by atoms with Crippen LogP contribution in [-0.4, -0.2) is 64.7 Å². The monoisotopic (exact) mass is 335 g/mol. The Labute approximate surface area is 144 Å². The van der Waals surface area contributed by atoms with Crippen LogP contribution in [0.3, 0.4) is 0 Å². The van der Waals surface area contributed by atoms with E-state index in [1.54, 1.807) is 4.90 Å². The Morgan fingerprint density at radius 2 is 1.88 bits per heavy atom. The molecule has 2 fully saturated rings. The maximum absolute atomic E-state index is 12.6. The fraction of sp³-hybridized carbons (Fsp3) is 0.778. The smallest absolute Gasteiger partial charge is 0.318 e. The first-order valence-corrected chi connectivity index (χ1v) is 9.01. The van der Waals surface area contributed by atoms with Crippen molar-refractivity contribution >= 4 is 12.0 Å². The lowest BCUT2D eigenvalue weighted by Crippen LogP contribution is -2.58. The predicted octanol–water partition coefficient (Wildman–Crippen LogP) is 1.90. The number of nitrogens with zero attached hydrogens (tertiary/aromatic N) is 2. The molecule has 2 amide bonds. The number of rotatable bonds is 7. The summed E-state index contributed by atoms with van der Waals surface area (Å²) in [6, 6.07) is 0.552. The molecular weight excluding hydrogens is 306 g/mol. The molecule has 0 aromatic carbocycles. The molecule has 2 saturated carbocycles. The lowest BCUT2D eigenvalue weighted by atomic mass is 9.85. The van der Waals surface area contributed by atoms with Crippen LogP contribution in [0, 0.1) is 12.3 Å². The summed E-state index contributed by atoms with van der Waals surface area (Å²) in [6.07, 6.45) is 12.7. The molecule has 0 heterocycles. The van der Waals surface area contributed by atoms with Gasteiger partial charge in [-0.05, 0) is 32.2 Å². The molecule has 2 aliphatic carbocycles. The second-order valence-electron chi connectivity index (χ2n) is 6.85. The quantitative estimate of drug-likeness (QED) is 0.697. The van der Waals surface area contributed by atoms with Crippen molar-refractivity contribution in [3.05, 3.63) is 0 Å². The van der Waals surface area contributed by atoms with Crippen LogP contribution < -0.4 is 5.32 Å². The summed E-state index contributed by atoms with van der Waals surface area (Å²) < 4.78 is 0. The van der Waals surface area contributed by atoms with Crippen LogP contribution in [0.25, 0.3) is 0 Å². The lowest BCUT2D eigenvalue weighted by molar-refractivity contribution is -0.139. The van der Waals surface area contributed by atoms with E-state index >= 15 is 0 Å². The molecule has 0 aromatic heterocycles. The zero-order chi connectivity index (χ0) is 17.5. The number of carboxylic acids is 1. The SMILES string of the molecule is C#CCN(C(=O)NC1CC(N(CC)CC(=O)O)C1)C1CCCCC1. The van der Waals surface area contributed by atoms with Crippen molar-refractivity contribution in [1.29, 1.82) is 0 Å². The second kappa shape index (κ2) is 8.93. The largest absolute Gasteiger partial charge is 0.480 e. The maximum Gasteiger partial charge on any atom is 0.318 e. The van der Waals surface area contributed by atoms with E-state index < -0.39 is 5.97 Å². The van der Waals surface area contributed by atoms with Crippen LogP contribution in [-0.2, 0) is 4.79 Å². The maximum atomic E-state index is 12.6. The minimum atomic E-state index is -0.804. The van der Waals surface area contributed by atoms with Crippen LogP contribution in [0.2, 0.25) is 0 Å². The number of hydrogen-bond donors (Lipinski definition) is 2. The molecule has 2 N–H and O–H groups in total. The fourth-order valence-electron chi connectivity index (χ4n) is 3.79. The van der Waals surface area contributed by atoms with Crippen molar-refractivity contribution in [1.82, 2.24) is 15.1 Å². The summed E-state index contributed by atoms with van der Waals surface area (Å²) in [5, 5.41) is 12.0. The van der Waals surface area contributed by atoms with Crippen molar-refractivity contribution in [2.75, 3.05) is 19.6 Å². The van der Waals surface area contributed by atoms with Crippen molar-refractivity contribution in [2.24, 2.45) is 0 Å². The van der Waals surface area contributed by atoms with E-state index in [2.05, 4.69) is 11.2 Å². The van der Waals surface area contributed by atoms with Gasteiger partial charge in [-0.25, -0.2) is 4.79 Å². The average molecular weight is 335 g/mol. The van der Waals surface area contributed by atoms with Gasteiger partial charge in [-0.1, -0.05) is 32.1 Å². The molecule has 0 unspecified atom stereocenters. The van der Waals surface area contributed by atoms with Gasteiger partial charge in [-0.3, -0.25) is 9.69 Å². The van der Waals surface area contributed by atoms with E-state index in [9.17, 15) is 9.59 Å². The van der Waals surface area contributed by atoms with Gasteiger partial charge in [0.2, 0.25) is 0 Å². The lowest BCUT2D eigenvalue weighted by Gasteiger charge is -2.43. The van der Waals surface area contributed by atoms with Crippen LogP contribution in [0.4, 0.5) is 4.79 Å². The van der Waals surface area contributed by atoms with Gasteiger partial charge >= 0.3 is 12.0 Å². The number of terminal acetylenes is 1. The predicted molar refractivity (Wildman–Crippen MR) is 92.6 cm³/mol. The second-order valence-corrected chi connectivity index (χ2v) is 6.85. The Morgan fingerprint density at radius 1 is 1.21 bits per heavy atom. The zero-order valence-electron chi connectivity index (χ0n) is 14.5. The number of likely N-dealkylation sites (N-methyl/N-ethyl adjacent to an activating group) is 1. The fourth-order valence-corrected chi connectivity index (χ4v) is 3.79. The number of carbonyl (C=O) groups is 2. The molecule has 0 bridgehead atoms. The minimum absolute atomic E-state index is 0.0626. The highest BCUT2D eigenvalue weighted by atomic mass is 16.4. The van der Waals surface area contributed by atoms with Crippen molar-refractivity contribution in [3.63, 3.8) is 0 Å². The molecule has 0 aliphatic heterocycles. The van der Waals surface area contributed by atoms with Gasteiger partial charge in [0.25, 0.3) is 0 Å². The van der Waals surface area contributed by atoms with Gasteiger partial charge in [-0.2, -0.15) is 0 Å². The molecule has 0 radical (unpaired) electrons. The molecule has 24 heavy (non-hydrogen) atoms. The Balaban J connectivity index is 1.81. The third-order valence-corrected chi connectivity index (χ3v) is 5.24. The number of carboxylic acid groups (broad SMARTS) is 1. The zero-order valence-corrected chi connectivity index (χ0v) is 14.5. The van der Waals surface area contributed by atoms with Gasteiger partial charge in [-0.15, -0.1) is 6.42 Å². The summed E-state index contributed by atoms with van der Waals surface area (Å²) in [6.45, 7) is 3.09. The van der Waals surface area contributed by atoms with Crippen LogP contribution >= 0.6 is 0 Å². The molecular formula is C18H29N3O3. The number of hydrogen-bond acceptors (Lipinski definition) is 3. The third-order valence-electron chi connectivity index (χ3n) is 5.24. The molecule has 6 heteroatoms. The summed E-state index contributed by atoms with van der Waals surface area (Å²) >= 11 is 0. The Morgan fingerprint density at radius 3 is 2.42 bits per heavy atom. The topological polar surface area (TPSA) is 72.9 Å². The number of nitrogens with one attached hydrogen (secondary N) is 1. The number of urea groups is 1. The highest BCUT2D eigenvalue weighted by Crippen LogP contribution is 2.27. The van der Waals surface area contributed by atoms with Gasteiger partial charge in [0, 0.05) is 18.1 Å². The van der Waals surface area contributed by atoms with Crippen LogP contribution in [0.15, 0.2) is 0 Å². The van der Waals surface area contributed by atoms with Gasteiger partial charge in [0.15, 0.2) is 0 Å². The van der Waals surface area contributed by atoms with Crippen molar-refractivity contribution in [3.8, 4) is 12.3 Å². The first-order valence-electron chi connectivity index (χ1n) is 9.01. The Kier molecular flexibility index (Phi) is 6.92. The van der Waals surface area contributed by atoms with Gasteiger partial charge in [0.05, 0.1) is 13.1 Å². The van der Waals surface area contributed by atoms with E-state index in [0.717, 1.165) is 38.5 Å². The first kappa shape index (κ1) is 18.6. The standard InChI is InChI=1S/C18H29N3O3/c1-3-10-21(15-8-6-5-7-9-15)18(24)19-14-11-16(12-14)20(4-2)13-17(22)23/h1,14-16H,4-13H2,2H3,(H,19,24)(H,22,23). The summed E-state index contributed by atoms with van der Waals surface area (Å²) in [5.41, 5.74) is 0. The average Bonchev–Trinajstić information content (AvgIpc) is 2.54. The Bertz CT molecular complexity index is 476.